The Morgan fingerprint density at radius 3 is 2.57 bits per heavy atom. The van der Waals surface area contributed by atoms with Crippen LogP contribution in [0.2, 0.25) is 0 Å². The fourth-order valence-corrected chi connectivity index (χ4v) is 1.59. The van der Waals surface area contributed by atoms with Crippen LogP contribution in [0.4, 0.5) is 0 Å². The van der Waals surface area contributed by atoms with Gasteiger partial charge in [-0.3, -0.25) is 4.79 Å². The molecule has 0 amide bonds. The van der Waals surface area contributed by atoms with Gasteiger partial charge in [0, 0.05) is 0 Å². The molecule has 3 atom stereocenters. The van der Waals surface area contributed by atoms with Crippen molar-refractivity contribution in [2.45, 2.75) is 52.2 Å². The molecule has 0 bridgehead atoms. The van der Waals surface area contributed by atoms with Crippen LogP contribution in [0.25, 0.3) is 0 Å². The Hall–Kier alpha value is -0.570. The molecule has 0 aromatic carbocycles. The molecule has 14 heavy (non-hydrogen) atoms. The largest absolute Gasteiger partial charge is 0.460 e. The van der Waals surface area contributed by atoms with E-state index in [1.165, 1.54) is 0 Å². The summed E-state index contributed by atoms with van der Waals surface area (Å²) in [5.41, 5.74) is -0.415. The van der Waals surface area contributed by atoms with E-state index in [9.17, 15) is 9.90 Å². The van der Waals surface area contributed by atoms with Crippen molar-refractivity contribution in [2.24, 2.45) is 11.8 Å². The molecule has 0 spiro atoms. The van der Waals surface area contributed by atoms with E-state index in [2.05, 4.69) is 0 Å². The summed E-state index contributed by atoms with van der Waals surface area (Å²) in [7, 11) is 0. The van der Waals surface area contributed by atoms with Gasteiger partial charge in [-0.15, -0.1) is 0 Å². The van der Waals surface area contributed by atoms with E-state index in [1.807, 2.05) is 27.7 Å². The van der Waals surface area contributed by atoms with E-state index >= 15 is 0 Å². The van der Waals surface area contributed by atoms with Gasteiger partial charge in [0.2, 0.25) is 0 Å². The van der Waals surface area contributed by atoms with Gasteiger partial charge in [-0.05, 0) is 39.5 Å². The van der Waals surface area contributed by atoms with Crippen LogP contribution in [0.3, 0.4) is 0 Å². The standard InChI is InChI=1S/C11H20O3/c1-5-9(12)7-6-8(7)10(13)14-11(2,3)4/h7-9,12H,5-6H2,1-4H3/t7-,8-,9+/m1/s1. The van der Waals surface area contributed by atoms with Crippen molar-refractivity contribution in [3.63, 3.8) is 0 Å². The highest BCUT2D eigenvalue weighted by molar-refractivity contribution is 5.76. The lowest BCUT2D eigenvalue weighted by atomic mass is 10.1. The van der Waals surface area contributed by atoms with Crippen LogP contribution < -0.4 is 0 Å². The van der Waals surface area contributed by atoms with Gasteiger partial charge in [0.1, 0.15) is 5.60 Å². The number of aliphatic hydroxyl groups is 1. The van der Waals surface area contributed by atoms with E-state index in [0.29, 0.717) is 6.42 Å². The van der Waals surface area contributed by atoms with Crippen LogP contribution in [0.15, 0.2) is 0 Å². The van der Waals surface area contributed by atoms with E-state index in [4.69, 9.17) is 4.74 Å². The third-order valence-corrected chi connectivity index (χ3v) is 2.46. The molecule has 3 nitrogen and oxygen atoms in total. The molecule has 1 fully saturated rings. The fraction of sp³-hybridized carbons (Fsp3) is 0.909. The van der Waals surface area contributed by atoms with Crippen LogP contribution in [0, 0.1) is 11.8 Å². The summed E-state index contributed by atoms with van der Waals surface area (Å²) >= 11 is 0. The lowest BCUT2D eigenvalue weighted by molar-refractivity contribution is -0.157. The van der Waals surface area contributed by atoms with Crippen molar-refractivity contribution in [1.29, 1.82) is 0 Å². The average molecular weight is 200 g/mol. The minimum absolute atomic E-state index is 0.0656. The third kappa shape index (κ3) is 2.98. The first kappa shape index (κ1) is 11.5. The maximum absolute atomic E-state index is 11.5. The maximum atomic E-state index is 11.5. The quantitative estimate of drug-likeness (QED) is 0.706. The maximum Gasteiger partial charge on any atom is 0.309 e. The summed E-state index contributed by atoms with van der Waals surface area (Å²) in [6.07, 6.45) is 1.15. The van der Waals surface area contributed by atoms with E-state index < -0.39 is 5.60 Å². The Kier molecular flexibility index (Phi) is 3.20. The number of hydrogen-bond donors (Lipinski definition) is 1. The summed E-state index contributed by atoms with van der Waals surface area (Å²) in [5, 5.41) is 9.51. The second-order valence-corrected chi connectivity index (χ2v) is 5.02. The van der Waals surface area contributed by atoms with Crippen LogP contribution in [0.1, 0.15) is 40.5 Å². The van der Waals surface area contributed by atoms with Gasteiger partial charge < -0.3 is 9.84 Å². The molecule has 0 unspecified atom stereocenters. The molecule has 1 aliphatic carbocycles. The summed E-state index contributed by atoms with van der Waals surface area (Å²) < 4.78 is 5.24. The predicted molar refractivity (Wildman–Crippen MR) is 53.7 cm³/mol. The molecule has 1 rings (SSSR count). The molecule has 3 heteroatoms. The topological polar surface area (TPSA) is 46.5 Å². The first-order chi connectivity index (χ1) is 6.35. The van der Waals surface area contributed by atoms with E-state index in [-0.39, 0.29) is 23.9 Å². The van der Waals surface area contributed by atoms with Crippen LogP contribution in [-0.2, 0) is 9.53 Å². The second-order valence-electron chi connectivity index (χ2n) is 5.02. The number of rotatable bonds is 3. The zero-order chi connectivity index (χ0) is 10.9. The monoisotopic (exact) mass is 200 g/mol. The lowest BCUT2D eigenvalue weighted by Crippen LogP contribution is -2.26. The number of aliphatic hydroxyl groups excluding tert-OH is 1. The smallest absolute Gasteiger partial charge is 0.309 e. The fourth-order valence-electron chi connectivity index (χ4n) is 1.59. The minimum atomic E-state index is -0.415. The van der Waals surface area contributed by atoms with Gasteiger partial charge in [0.15, 0.2) is 0 Å². The van der Waals surface area contributed by atoms with Crippen molar-refractivity contribution in [3.05, 3.63) is 0 Å². The summed E-state index contributed by atoms with van der Waals surface area (Å²) in [6.45, 7) is 7.50. The lowest BCUT2D eigenvalue weighted by Gasteiger charge is -2.19. The number of esters is 1. The molecule has 0 saturated heterocycles. The highest BCUT2D eigenvalue weighted by Gasteiger charge is 2.48. The van der Waals surface area contributed by atoms with Crippen LogP contribution in [0.5, 0.6) is 0 Å². The summed E-state index contributed by atoms with van der Waals surface area (Å²) in [6, 6.07) is 0. The number of ether oxygens (including phenoxy) is 1. The Morgan fingerprint density at radius 1 is 1.57 bits per heavy atom. The van der Waals surface area contributed by atoms with E-state index in [0.717, 1.165) is 6.42 Å². The number of hydrogen-bond acceptors (Lipinski definition) is 3. The highest BCUT2D eigenvalue weighted by atomic mass is 16.6. The van der Waals surface area contributed by atoms with E-state index in [1.54, 1.807) is 0 Å². The molecule has 1 saturated carbocycles. The molecular formula is C11H20O3. The van der Waals surface area contributed by atoms with Crippen molar-refractivity contribution in [2.75, 3.05) is 0 Å². The van der Waals surface area contributed by atoms with Crippen LogP contribution >= 0.6 is 0 Å². The summed E-state index contributed by atoms with van der Waals surface area (Å²) in [5.74, 6) is -0.0889. The zero-order valence-electron chi connectivity index (χ0n) is 9.41. The Morgan fingerprint density at radius 2 is 2.14 bits per heavy atom. The molecule has 0 aromatic heterocycles. The third-order valence-electron chi connectivity index (χ3n) is 2.46. The van der Waals surface area contributed by atoms with Gasteiger partial charge in [0.05, 0.1) is 12.0 Å². The molecule has 0 aromatic rings. The van der Waals surface area contributed by atoms with Crippen molar-refractivity contribution < 1.29 is 14.6 Å². The van der Waals surface area contributed by atoms with Gasteiger partial charge >= 0.3 is 5.97 Å². The second kappa shape index (κ2) is 3.89. The molecule has 0 aliphatic heterocycles. The minimum Gasteiger partial charge on any atom is -0.460 e. The Balaban J connectivity index is 2.36. The summed E-state index contributed by atoms with van der Waals surface area (Å²) in [4.78, 5) is 11.5. The van der Waals surface area contributed by atoms with Crippen LogP contribution in [-0.4, -0.2) is 22.8 Å². The Bertz CT molecular complexity index is 217. The van der Waals surface area contributed by atoms with Gasteiger partial charge in [-0.2, -0.15) is 0 Å². The molecule has 82 valence electrons. The number of carbonyl (C=O) groups is 1. The molecule has 0 radical (unpaired) electrons. The zero-order valence-corrected chi connectivity index (χ0v) is 9.41. The predicted octanol–water partition coefficient (Wildman–Crippen LogP) is 1.74. The molecule has 1 N–H and O–H groups in total. The highest BCUT2D eigenvalue weighted by Crippen LogP contribution is 2.43. The van der Waals surface area contributed by atoms with Gasteiger partial charge in [-0.25, -0.2) is 0 Å². The van der Waals surface area contributed by atoms with Gasteiger partial charge in [-0.1, -0.05) is 6.92 Å². The van der Waals surface area contributed by atoms with Crippen molar-refractivity contribution in [1.82, 2.24) is 0 Å². The molecule has 0 heterocycles. The normalized spacial score (nSPS) is 28.4. The van der Waals surface area contributed by atoms with Crippen molar-refractivity contribution in [3.8, 4) is 0 Å². The molecule has 1 aliphatic rings. The first-order valence-electron chi connectivity index (χ1n) is 5.26. The SMILES string of the molecule is CC[C@H](O)[C@@H]1C[C@H]1C(=O)OC(C)(C)C. The van der Waals surface area contributed by atoms with Crippen molar-refractivity contribution >= 4 is 5.97 Å². The van der Waals surface area contributed by atoms with Gasteiger partial charge in [0.25, 0.3) is 0 Å². The average Bonchev–Trinajstić information content (AvgIpc) is 2.78. The number of carbonyl (C=O) groups excluding carboxylic acids is 1. The Labute approximate surface area is 85.5 Å². The molecular weight excluding hydrogens is 180 g/mol. The first-order valence-corrected chi connectivity index (χ1v) is 5.26.